The summed E-state index contributed by atoms with van der Waals surface area (Å²) in [5.41, 5.74) is -0.580. The predicted octanol–water partition coefficient (Wildman–Crippen LogP) is 1.01. The molecule has 1 aromatic heterocycles. The highest BCUT2D eigenvalue weighted by molar-refractivity contribution is 5.85. The van der Waals surface area contributed by atoms with Gasteiger partial charge in [0.1, 0.15) is 18.3 Å². The van der Waals surface area contributed by atoms with Crippen molar-refractivity contribution in [2.45, 2.75) is 44.2 Å². The van der Waals surface area contributed by atoms with Crippen LogP contribution in [-0.2, 0) is 9.53 Å². The Morgan fingerprint density at radius 2 is 2.00 bits per heavy atom. The highest BCUT2D eigenvalue weighted by Crippen LogP contribution is 2.30. The monoisotopic (exact) mass is 264 g/mol. The van der Waals surface area contributed by atoms with Gasteiger partial charge in [-0.2, -0.15) is 0 Å². The van der Waals surface area contributed by atoms with Crippen LogP contribution < -0.4 is 0 Å². The molecule has 0 aromatic carbocycles. The second kappa shape index (κ2) is 4.92. The zero-order valence-electron chi connectivity index (χ0n) is 11.3. The number of carbonyl (C=O) groups excluding carboxylic acids is 1. The number of hydrogen-bond donors (Lipinski definition) is 0. The van der Waals surface area contributed by atoms with Crippen LogP contribution in [0.1, 0.15) is 38.6 Å². The normalized spacial score (nSPS) is 28.8. The first-order chi connectivity index (χ1) is 9.19. The maximum Gasteiger partial charge on any atom is 0.254 e. The van der Waals surface area contributed by atoms with E-state index < -0.39 is 5.60 Å². The lowest BCUT2D eigenvalue weighted by atomic mass is 9.98. The maximum atomic E-state index is 12.5. The summed E-state index contributed by atoms with van der Waals surface area (Å²) in [5.74, 6) is 0.159. The number of ether oxygens (including phenoxy) is 1. The minimum absolute atomic E-state index is 0.159. The lowest BCUT2D eigenvalue weighted by Crippen LogP contribution is -2.49. The third-order valence-corrected chi connectivity index (χ3v) is 4.28. The molecule has 0 saturated carbocycles. The lowest BCUT2D eigenvalue weighted by molar-refractivity contribution is -0.152. The molecule has 0 bridgehead atoms. The van der Waals surface area contributed by atoms with Gasteiger partial charge in [-0.3, -0.25) is 4.79 Å². The number of aromatic nitrogens is 3. The summed E-state index contributed by atoms with van der Waals surface area (Å²) >= 11 is 0. The standard InChI is InChI=1S/C13H20N4O2/c1-13(5-2-8-19-13)12(18)16-6-3-11(4-7-16)17-9-14-15-10-17/h9-11H,2-8H2,1H3. The Morgan fingerprint density at radius 3 is 2.58 bits per heavy atom. The molecule has 3 heterocycles. The van der Waals surface area contributed by atoms with Gasteiger partial charge in [-0.25, -0.2) is 0 Å². The fraction of sp³-hybridized carbons (Fsp3) is 0.769. The largest absolute Gasteiger partial charge is 0.365 e. The topological polar surface area (TPSA) is 60.2 Å². The molecule has 0 N–H and O–H groups in total. The minimum atomic E-state index is -0.580. The second-order valence-corrected chi connectivity index (χ2v) is 5.62. The zero-order valence-corrected chi connectivity index (χ0v) is 11.3. The number of piperidine rings is 1. The van der Waals surface area contributed by atoms with E-state index in [0.29, 0.717) is 12.6 Å². The average Bonchev–Trinajstić information content (AvgIpc) is 3.10. The summed E-state index contributed by atoms with van der Waals surface area (Å²) in [6.07, 6.45) is 7.25. The van der Waals surface area contributed by atoms with Crippen molar-refractivity contribution in [3.63, 3.8) is 0 Å². The van der Waals surface area contributed by atoms with E-state index >= 15 is 0 Å². The van der Waals surface area contributed by atoms with Gasteiger partial charge >= 0.3 is 0 Å². The van der Waals surface area contributed by atoms with E-state index in [9.17, 15) is 4.79 Å². The van der Waals surface area contributed by atoms with Gasteiger partial charge in [0.2, 0.25) is 0 Å². The van der Waals surface area contributed by atoms with Gasteiger partial charge in [0.05, 0.1) is 0 Å². The van der Waals surface area contributed by atoms with Crippen molar-refractivity contribution in [2.75, 3.05) is 19.7 Å². The van der Waals surface area contributed by atoms with Crippen LogP contribution in [0.3, 0.4) is 0 Å². The molecule has 0 aliphatic carbocycles. The van der Waals surface area contributed by atoms with Gasteiger partial charge in [0.15, 0.2) is 0 Å². The summed E-state index contributed by atoms with van der Waals surface area (Å²) in [6.45, 7) is 4.22. The van der Waals surface area contributed by atoms with E-state index in [0.717, 1.165) is 38.8 Å². The molecule has 1 unspecified atom stereocenters. The van der Waals surface area contributed by atoms with Gasteiger partial charge in [0, 0.05) is 25.7 Å². The highest BCUT2D eigenvalue weighted by atomic mass is 16.5. The SMILES string of the molecule is CC1(C(=O)N2CCC(n3cnnc3)CC2)CCCO1. The molecule has 1 atom stereocenters. The number of amides is 1. The molecule has 0 spiro atoms. The van der Waals surface area contributed by atoms with Gasteiger partial charge in [0.25, 0.3) is 5.91 Å². The Labute approximate surface area is 112 Å². The van der Waals surface area contributed by atoms with Crippen LogP contribution in [0.2, 0.25) is 0 Å². The van der Waals surface area contributed by atoms with E-state index in [-0.39, 0.29) is 5.91 Å². The quantitative estimate of drug-likeness (QED) is 0.800. The van der Waals surface area contributed by atoms with Gasteiger partial charge in [-0.1, -0.05) is 0 Å². The number of nitrogens with zero attached hydrogens (tertiary/aromatic N) is 4. The van der Waals surface area contributed by atoms with E-state index in [1.807, 2.05) is 16.4 Å². The Kier molecular flexibility index (Phi) is 3.26. The Balaban J connectivity index is 1.59. The zero-order chi connectivity index (χ0) is 13.3. The van der Waals surface area contributed by atoms with Crippen LogP contribution in [0.25, 0.3) is 0 Å². The fourth-order valence-electron chi connectivity index (χ4n) is 3.05. The molecule has 6 heteroatoms. The maximum absolute atomic E-state index is 12.5. The van der Waals surface area contributed by atoms with Gasteiger partial charge < -0.3 is 14.2 Å². The fourth-order valence-corrected chi connectivity index (χ4v) is 3.05. The van der Waals surface area contributed by atoms with E-state index in [2.05, 4.69) is 10.2 Å². The Morgan fingerprint density at radius 1 is 1.32 bits per heavy atom. The van der Waals surface area contributed by atoms with Crippen LogP contribution in [0.5, 0.6) is 0 Å². The summed E-state index contributed by atoms with van der Waals surface area (Å²) < 4.78 is 7.68. The van der Waals surface area contributed by atoms with Crippen molar-refractivity contribution in [2.24, 2.45) is 0 Å². The number of rotatable bonds is 2. The van der Waals surface area contributed by atoms with Gasteiger partial charge in [-0.05, 0) is 32.6 Å². The van der Waals surface area contributed by atoms with Crippen molar-refractivity contribution in [3.8, 4) is 0 Å². The summed E-state index contributed by atoms with van der Waals surface area (Å²) in [7, 11) is 0. The molecule has 2 aliphatic rings. The molecule has 3 rings (SSSR count). The van der Waals surface area contributed by atoms with Crippen LogP contribution in [0.15, 0.2) is 12.7 Å². The first-order valence-corrected chi connectivity index (χ1v) is 6.96. The lowest BCUT2D eigenvalue weighted by Gasteiger charge is -2.36. The summed E-state index contributed by atoms with van der Waals surface area (Å²) in [6, 6.07) is 0.413. The van der Waals surface area contributed by atoms with Crippen LogP contribution >= 0.6 is 0 Å². The molecule has 2 aliphatic heterocycles. The van der Waals surface area contributed by atoms with Crippen LogP contribution in [0, 0.1) is 0 Å². The third-order valence-electron chi connectivity index (χ3n) is 4.28. The number of hydrogen-bond acceptors (Lipinski definition) is 4. The molecule has 6 nitrogen and oxygen atoms in total. The molecule has 19 heavy (non-hydrogen) atoms. The molecule has 2 fully saturated rings. The van der Waals surface area contributed by atoms with E-state index in [1.165, 1.54) is 0 Å². The third kappa shape index (κ3) is 2.36. The van der Waals surface area contributed by atoms with E-state index in [1.54, 1.807) is 12.7 Å². The second-order valence-electron chi connectivity index (χ2n) is 5.62. The molecule has 1 aromatic rings. The summed E-state index contributed by atoms with van der Waals surface area (Å²) in [5, 5.41) is 7.68. The smallest absolute Gasteiger partial charge is 0.254 e. The van der Waals surface area contributed by atoms with Crippen molar-refractivity contribution < 1.29 is 9.53 Å². The molecule has 2 saturated heterocycles. The average molecular weight is 264 g/mol. The number of carbonyl (C=O) groups is 1. The van der Waals surface area contributed by atoms with E-state index in [4.69, 9.17) is 4.74 Å². The van der Waals surface area contributed by atoms with Crippen LogP contribution in [0.4, 0.5) is 0 Å². The molecule has 104 valence electrons. The van der Waals surface area contributed by atoms with Crippen molar-refractivity contribution in [1.29, 1.82) is 0 Å². The minimum Gasteiger partial charge on any atom is -0.365 e. The van der Waals surface area contributed by atoms with Crippen molar-refractivity contribution in [3.05, 3.63) is 12.7 Å². The molecular formula is C13H20N4O2. The van der Waals surface area contributed by atoms with Crippen molar-refractivity contribution in [1.82, 2.24) is 19.7 Å². The Bertz CT molecular complexity index is 432. The molecule has 0 radical (unpaired) electrons. The molecule has 1 amide bonds. The highest BCUT2D eigenvalue weighted by Gasteiger charge is 2.41. The molecular weight excluding hydrogens is 244 g/mol. The summed E-state index contributed by atoms with van der Waals surface area (Å²) in [4.78, 5) is 14.4. The number of likely N-dealkylation sites (tertiary alicyclic amines) is 1. The van der Waals surface area contributed by atoms with Crippen molar-refractivity contribution >= 4 is 5.91 Å². The first-order valence-electron chi connectivity index (χ1n) is 6.96. The van der Waals surface area contributed by atoms with Crippen LogP contribution in [-0.4, -0.2) is 50.9 Å². The predicted molar refractivity (Wildman–Crippen MR) is 68.5 cm³/mol. The Hall–Kier alpha value is -1.43. The first kappa shape index (κ1) is 12.6. The van der Waals surface area contributed by atoms with Gasteiger partial charge in [-0.15, -0.1) is 10.2 Å².